The second kappa shape index (κ2) is 9.20. The summed E-state index contributed by atoms with van der Waals surface area (Å²) in [6.07, 6.45) is 1.48. The zero-order valence-electron chi connectivity index (χ0n) is 19.1. The van der Waals surface area contributed by atoms with Crippen LogP contribution in [-0.4, -0.2) is 15.3 Å². The number of fused-ring (bicyclic) bond motifs is 1. The lowest BCUT2D eigenvalue weighted by Crippen LogP contribution is -2.24. The SMILES string of the molecule is CC(C)c1ccc(C(=O)Cn2cnc3scc(-c4ccc(-c5ccccc5)cc4)c3c2=O)cc1. The third-order valence-corrected chi connectivity index (χ3v) is 6.96. The number of hydrogen-bond donors (Lipinski definition) is 0. The molecule has 5 heteroatoms. The minimum Gasteiger partial charge on any atom is -0.292 e. The van der Waals surface area contributed by atoms with Gasteiger partial charge < -0.3 is 0 Å². The van der Waals surface area contributed by atoms with Gasteiger partial charge in [0.05, 0.1) is 18.3 Å². The maximum atomic E-state index is 13.4. The molecule has 0 fully saturated rings. The Bertz CT molecular complexity index is 1510. The summed E-state index contributed by atoms with van der Waals surface area (Å²) in [6.45, 7) is 4.20. The van der Waals surface area contributed by atoms with Crippen LogP contribution in [0, 0.1) is 0 Å². The van der Waals surface area contributed by atoms with Gasteiger partial charge in [-0.3, -0.25) is 14.2 Å². The Hall–Kier alpha value is -3.83. The molecule has 2 heterocycles. The number of hydrogen-bond acceptors (Lipinski definition) is 4. The van der Waals surface area contributed by atoms with Crippen LogP contribution < -0.4 is 5.56 Å². The van der Waals surface area contributed by atoms with E-state index in [2.05, 4.69) is 43.1 Å². The lowest BCUT2D eigenvalue weighted by molar-refractivity contribution is 0.0970. The molecule has 0 spiro atoms. The number of rotatable bonds is 6. The van der Waals surface area contributed by atoms with Crippen molar-refractivity contribution < 1.29 is 4.79 Å². The molecule has 0 amide bonds. The van der Waals surface area contributed by atoms with Crippen LogP contribution in [0.25, 0.3) is 32.5 Å². The van der Waals surface area contributed by atoms with Gasteiger partial charge in [0, 0.05) is 16.5 Å². The lowest BCUT2D eigenvalue weighted by atomic mass is 10.0. The number of nitrogens with zero attached hydrogens (tertiary/aromatic N) is 2. The highest BCUT2D eigenvalue weighted by Gasteiger charge is 2.16. The molecule has 0 aliphatic carbocycles. The van der Waals surface area contributed by atoms with Crippen LogP contribution in [0.2, 0.25) is 0 Å². The Labute approximate surface area is 202 Å². The van der Waals surface area contributed by atoms with Crippen molar-refractivity contribution in [2.75, 3.05) is 0 Å². The number of ketones is 1. The van der Waals surface area contributed by atoms with Crippen molar-refractivity contribution in [3.63, 3.8) is 0 Å². The topological polar surface area (TPSA) is 52.0 Å². The smallest absolute Gasteiger partial charge is 0.263 e. The number of Topliss-reactive ketones (excluding diaryl/α,β-unsaturated/α-hetero) is 1. The third-order valence-electron chi connectivity index (χ3n) is 6.08. The van der Waals surface area contributed by atoms with Crippen LogP contribution in [0.3, 0.4) is 0 Å². The minimum absolute atomic E-state index is 0.0367. The first-order valence-electron chi connectivity index (χ1n) is 11.3. The van der Waals surface area contributed by atoms with Crippen molar-refractivity contribution >= 4 is 27.3 Å². The number of benzene rings is 3. The molecule has 0 unspecified atom stereocenters. The van der Waals surface area contributed by atoms with Gasteiger partial charge in [-0.15, -0.1) is 11.3 Å². The van der Waals surface area contributed by atoms with Crippen LogP contribution in [0.1, 0.15) is 35.7 Å². The molecule has 0 saturated heterocycles. The van der Waals surface area contributed by atoms with Crippen molar-refractivity contribution in [2.24, 2.45) is 0 Å². The molecule has 2 aromatic heterocycles. The lowest BCUT2D eigenvalue weighted by Gasteiger charge is -2.08. The second-order valence-corrected chi connectivity index (χ2v) is 9.51. The van der Waals surface area contributed by atoms with E-state index in [1.807, 2.05) is 60.0 Å². The minimum atomic E-state index is -0.194. The predicted octanol–water partition coefficient (Wildman–Crippen LogP) is 6.80. The molecule has 0 aliphatic rings. The number of carbonyl (C=O) groups excluding carboxylic acids is 1. The Balaban J connectivity index is 1.46. The van der Waals surface area contributed by atoms with E-state index in [1.165, 1.54) is 27.8 Å². The Kier molecular flexibility index (Phi) is 5.95. The van der Waals surface area contributed by atoms with Crippen molar-refractivity contribution in [1.82, 2.24) is 9.55 Å². The van der Waals surface area contributed by atoms with E-state index in [1.54, 1.807) is 0 Å². The molecule has 0 N–H and O–H groups in total. The van der Waals surface area contributed by atoms with Crippen molar-refractivity contribution in [3.8, 4) is 22.3 Å². The summed E-state index contributed by atoms with van der Waals surface area (Å²) >= 11 is 1.44. The van der Waals surface area contributed by atoms with Gasteiger partial charge in [0.15, 0.2) is 5.78 Å². The fourth-order valence-electron chi connectivity index (χ4n) is 4.07. The zero-order valence-corrected chi connectivity index (χ0v) is 19.9. The van der Waals surface area contributed by atoms with Crippen LogP contribution in [0.4, 0.5) is 0 Å². The van der Waals surface area contributed by atoms with Gasteiger partial charge in [-0.1, -0.05) is 92.7 Å². The third kappa shape index (κ3) is 4.22. The van der Waals surface area contributed by atoms with Gasteiger partial charge >= 0.3 is 0 Å². The molecule has 3 aromatic carbocycles. The van der Waals surface area contributed by atoms with E-state index >= 15 is 0 Å². The summed E-state index contributed by atoms with van der Waals surface area (Å²) in [5.74, 6) is 0.291. The average Bonchev–Trinajstić information content (AvgIpc) is 3.31. The monoisotopic (exact) mass is 464 g/mol. The summed E-state index contributed by atoms with van der Waals surface area (Å²) in [7, 11) is 0. The molecule has 34 heavy (non-hydrogen) atoms. The van der Waals surface area contributed by atoms with E-state index < -0.39 is 0 Å². The zero-order chi connectivity index (χ0) is 23.7. The summed E-state index contributed by atoms with van der Waals surface area (Å²) in [6, 6.07) is 26.0. The number of aromatic nitrogens is 2. The molecular weight excluding hydrogens is 440 g/mol. The predicted molar refractivity (Wildman–Crippen MR) is 140 cm³/mol. The van der Waals surface area contributed by atoms with Crippen molar-refractivity contribution in [2.45, 2.75) is 26.3 Å². The van der Waals surface area contributed by atoms with Crippen LogP contribution in [0.5, 0.6) is 0 Å². The standard InChI is InChI=1S/C29H24N2O2S/c1-19(2)20-8-14-24(15-9-20)26(32)16-31-18-30-28-27(29(31)33)25(17-34-28)23-12-10-22(11-13-23)21-6-4-3-5-7-21/h3-15,17-19H,16H2,1-2H3. The van der Waals surface area contributed by atoms with Crippen molar-refractivity contribution in [3.05, 3.63) is 112 Å². The van der Waals surface area contributed by atoms with Crippen LogP contribution >= 0.6 is 11.3 Å². The highest BCUT2D eigenvalue weighted by Crippen LogP contribution is 2.32. The molecule has 0 aliphatic heterocycles. The van der Waals surface area contributed by atoms with E-state index in [0.29, 0.717) is 21.7 Å². The molecule has 168 valence electrons. The summed E-state index contributed by atoms with van der Waals surface area (Å²) in [5, 5.41) is 2.52. The maximum Gasteiger partial charge on any atom is 0.263 e. The van der Waals surface area contributed by atoms with Gasteiger partial charge in [-0.05, 0) is 28.2 Å². The summed E-state index contributed by atoms with van der Waals surface area (Å²) < 4.78 is 1.41. The second-order valence-electron chi connectivity index (χ2n) is 8.65. The molecule has 5 rings (SSSR count). The maximum absolute atomic E-state index is 13.4. The van der Waals surface area contributed by atoms with E-state index in [0.717, 1.165) is 22.3 Å². The fraction of sp³-hybridized carbons (Fsp3) is 0.138. The largest absolute Gasteiger partial charge is 0.292 e. The normalized spacial score (nSPS) is 11.3. The molecule has 0 bridgehead atoms. The van der Waals surface area contributed by atoms with Gasteiger partial charge in [-0.2, -0.15) is 0 Å². The number of thiophene rings is 1. The quantitative estimate of drug-likeness (QED) is 0.260. The Morgan fingerprint density at radius 2 is 1.53 bits per heavy atom. The van der Waals surface area contributed by atoms with E-state index in [4.69, 9.17) is 0 Å². The van der Waals surface area contributed by atoms with Crippen molar-refractivity contribution in [1.29, 1.82) is 0 Å². The molecule has 0 radical (unpaired) electrons. The first-order valence-corrected chi connectivity index (χ1v) is 12.1. The van der Waals surface area contributed by atoms with Gasteiger partial charge in [0.25, 0.3) is 5.56 Å². The molecule has 5 aromatic rings. The summed E-state index contributed by atoms with van der Waals surface area (Å²) in [5.41, 5.74) is 5.65. The van der Waals surface area contributed by atoms with Crippen LogP contribution in [-0.2, 0) is 6.54 Å². The Morgan fingerprint density at radius 3 is 2.21 bits per heavy atom. The first kappa shape index (κ1) is 22.0. The van der Waals surface area contributed by atoms with Gasteiger partial charge in [0.1, 0.15) is 4.83 Å². The molecule has 0 saturated carbocycles. The van der Waals surface area contributed by atoms with Crippen LogP contribution in [0.15, 0.2) is 95.4 Å². The molecule has 4 nitrogen and oxygen atoms in total. The number of carbonyl (C=O) groups is 1. The average molecular weight is 465 g/mol. The van der Waals surface area contributed by atoms with E-state index in [-0.39, 0.29) is 17.9 Å². The molecular formula is C29H24N2O2S. The highest BCUT2D eigenvalue weighted by atomic mass is 32.1. The Morgan fingerprint density at radius 1 is 0.882 bits per heavy atom. The fourth-order valence-corrected chi connectivity index (χ4v) is 4.97. The van der Waals surface area contributed by atoms with Gasteiger partial charge in [0.2, 0.25) is 0 Å². The summed E-state index contributed by atoms with van der Waals surface area (Å²) in [4.78, 5) is 31.4. The highest BCUT2D eigenvalue weighted by molar-refractivity contribution is 7.17. The first-order chi connectivity index (χ1) is 16.5. The van der Waals surface area contributed by atoms with E-state index in [9.17, 15) is 9.59 Å². The van der Waals surface area contributed by atoms with Gasteiger partial charge in [-0.25, -0.2) is 4.98 Å². The molecule has 0 atom stereocenters.